The van der Waals surface area contributed by atoms with Crippen LogP contribution in [0, 0.1) is 11.8 Å². The fraction of sp³-hybridized carbons (Fsp3) is 0.708. The monoisotopic (exact) mass is 445 g/mol. The first-order valence-corrected chi connectivity index (χ1v) is 12.4. The summed E-state index contributed by atoms with van der Waals surface area (Å²) in [5.41, 5.74) is 1.41. The Morgan fingerprint density at radius 3 is 2.71 bits per heavy atom. The summed E-state index contributed by atoms with van der Waals surface area (Å²) in [7, 11) is 2.27. The van der Waals surface area contributed by atoms with Gasteiger partial charge in [0.05, 0.1) is 13.2 Å². The van der Waals surface area contributed by atoms with Crippen LogP contribution in [-0.2, 0) is 11.3 Å². The van der Waals surface area contributed by atoms with E-state index in [-0.39, 0.29) is 0 Å². The number of ether oxygens (including phenoxy) is 1. The summed E-state index contributed by atoms with van der Waals surface area (Å²) in [6.07, 6.45) is 2.65. The molecule has 31 heavy (non-hydrogen) atoms. The minimum atomic E-state index is 0.619. The van der Waals surface area contributed by atoms with E-state index in [9.17, 15) is 0 Å². The van der Waals surface area contributed by atoms with Crippen molar-refractivity contribution >= 4 is 17.3 Å². The molecule has 4 atom stereocenters. The molecule has 0 saturated carbocycles. The Balaban J connectivity index is 1.14. The molecular weight excluding hydrogens is 406 g/mol. The van der Waals surface area contributed by atoms with Crippen LogP contribution >= 0.6 is 12.2 Å². The Morgan fingerprint density at radius 1 is 1.16 bits per heavy atom. The van der Waals surface area contributed by atoms with Crippen LogP contribution in [0.15, 0.2) is 30.3 Å². The van der Waals surface area contributed by atoms with Crippen LogP contribution in [0.4, 0.5) is 0 Å². The number of thiocarbonyl (C=S) groups is 1. The maximum Gasteiger partial charge on any atom is 0.166 e. The van der Waals surface area contributed by atoms with Crippen molar-refractivity contribution in [3.63, 3.8) is 0 Å². The highest BCUT2D eigenvalue weighted by atomic mass is 32.1. The predicted molar refractivity (Wildman–Crippen MR) is 130 cm³/mol. The number of benzene rings is 1. The van der Waals surface area contributed by atoms with E-state index in [2.05, 4.69) is 62.7 Å². The van der Waals surface area contributed by atoms with Crippen molar-refractivity contribution in [2.24, 2.45) is 11.8 Å². The normalized spacial score (nSPS) is 28.6. The Bertz CT molecular complexity index is 684. The van der Waals surface area contributed by atoms with Gasteiger partial charge in [0.25, 0.3) is 0 Å². The van der Waals surface area contributed by atoms with Crippen molar-refractivity contribution in [3.05, 3.63) is 35.9 Å². The predicted octanol–water partition coefficient (Wildman–Crippen LogP) is 1.63. The van der Waals surface area contributed by atoms with Crippen molar-refractivity contribution in [2.75, 3.05) is 72.6 Å². The molecule has 4 aliphatic rings. The van der Waals surface area contributed by atoms with Crippen LogP contribution in [-0.4, -0.2) is 98.5 Å². The van der Waals surface area contributed by atoms with Gasteiger partial charge in [-0.1, -0.05) is 30.3 Å². The zero-order chi connectivity index (χ0) is 21.5. The van der Waals surface area contributed by atoms with Crippen molar-refractivity contribution in [2.45, 2.75) is 25.4 Å². The highest BCUT2D eigenvalue weighted by Gasteiger charge is 2.40. The van der Waals surface area contributed by atoms with E-state index >= 15 is 0 Å². The maximum atomic E-state index is 5.53. The van der Waals surface area contributed by atoms with Gasteiger partial charge in [0.15, 0.2) is 5.11 Å². The summed E-state index contributed by atoms with van der Waals surface area (Å²) in [5, 5.41) is 7.67. The summed E-state index contributed by atoms with van der Waals surface area (Å²) in [6.45, 7) is 11.4. The molecule has 0 radical (unpaired) electrons. The van der Waals surface area contributed by atoms with E-state index in [4.69, 9.17) is 17.0 Å². The summed E-state index contributed by atoms with van der Waals surface area (Å²) in [4.78, 5) is 7.63. The molecule has 1 aromatic carbocycles. The minimum absolute atomic E-state index is 0.619. The molecule has 1 unspecified atom stereocenters. The Kier molecular flexibility index (Phi) is 8.55. The number of rotatable bonds is 9. The van der Waals surface area contributed by atoms with Crippen LogP contribution in [0.1, 0.15) is 18.4 Å². The van der Waals surface area contributed by atoms with Gasteiger partial charge in [-0.05, 0) is 56.1 Å². The van der Waals surface area contributed by atoms with Gasteiger partial charge in [0, 0.05) is 58.4 Å². The van der Waals surface area contributed by atoms with E-state index < -0.39 is 0 Å². The average molecular weight is 446 g/mol. The molecule has 6 nitrogen and oxygen atoms in total. The lowest BCUT2D eigenvalue weighted by Gasteiger charge is -2.50. The summed E-state index contributed by atoms with van der Waals surface area (Å²) in [5.74, 6) is 1.63. The molecule has 0 aliphatic carbocycles. The van der Waals surface area contributed by atoms with E-state index in [0.29, 0.717) is 6.04 Å². The van der Waals surface area contributed by atoms with Crippen LogP contribution in [0.25, 0.3) is 0 Å². The van der Waals surface area contributed by atoms with Gasteiger partial charge < -0.3 is 20.3 Å². The van der Waals surface area contributed by atoms with Crippen molar-refractivity contribution in [3.8, 4) is 0 Å². The number of hydrogen-bond acceptors (Lipinski definition) is 5. The lowest BCUT2D eigenvalue weighted by Crippen LogP contribution is -2.58. The van der Waals surface area contributed by atoms with E-state index in [0.717, 1.165) is 69.4 Å². The van der Waals surface area contributed by atoms with Crippen LogP contribution in [0.5, 0.6) is 0 Å². The van der Waals surface area contributed by atoms with Gasteiger partial charge in [-0.3, -0.25) is 9.80 Å². The second kappa shape index (κ2) is 11.6. The number of piperidine rings is 3. The molecule has 4 aliphatic heterocycles. The minimum Gasteiger partial charge on any atom is -0.379 e. The Morgan fingerprint density at radius 2 is 1.97 bits per heavy atom. The van der Waals surface area contributed by atoms with Gasteiger partial charge in [-0.2, -0.15) is 0 Å². The SMILES string of the molecule is CN(Cc1ccccc1)C[C@@H]1CN2CC[C@H]1C[C@@H]2CNC(=S)NCCN1CCOCC1. The number of fused-ring (bicyclic) bond motifs is 3. The quantitative estimate of drug-likeness (QED) is 0.560. The van der Waals surface area contributed by atoms with Crippen LogP contribution < -0.4 is 10.6 Å². The second-order valence-electron chi connectivity index (χ2n) is 9.47. The van der Waals surface area contributed by atoms with Crippen molar-refractivity contribution in [1.82, 2.24) is 25.3 Å². The first-order valence-electron chi connectivity index (χ1n) is 12.0. The molecule has 0 aromatic heterocycles. The topological polar surface area (TPSA) is 43.0 Å². The van der Waals surface area contributed by atoms with E-state index in [1.165, 1.54) is 38.0 Å². The lowest BCUT2D eigenvalue weighted by molar-refractivity contribution is -0.00851. The fourth-order valence-electron chi connectivity index (χ4n) is 5.45. The molecule has 1 aromatic rings. The molecule has 172 valence electrons. The standard InChI is InChI=1S/C24H39N5OS/c1-27(17-20-5-3-2-4-6-20)18-22-19-29-9-7-21(22)15-23(29)16-26-24(31)25-8-10-28-11-13-30-14-12-28/h2-6,21-23H,7-19H2,1H3,(H2,25,26,31)/t21-,22+,23+/m0/s1. The largest absolute Gasteiger partial charge is 0.379 e. The molecule has 5 rings (SSSR count). The van der Waals surface area contributed by atoms with Gasteiger partial charge in [0.2, 0.25) is 0 Å². The van der Waals surface area contributed by atoms with Crippen LogP contribution in [0.3, 0.4) is 0 Å². The second-order valence-corrected chi connectivity index (χ2v) is 9.87. The first-order chi connectivity index (χ1) is 15.2. The molecular formula is C24H39N5OS. The molecule has 0 amide bonds. The zero-order valence-corrected chi connectivity index (χ0v) is 19.8. The smallest absolute Gasteiger partial charge is 0.166 e. The number of nitrogens with one attached hydrogen (secondary N) is 2. The number of morpholine rings is 1. The van der Waals surface area contributed by atoms with Gasteiger partial charge in [-0.25, -0.2) is 0 Å². The lowest BCUT2D eigenvalue weighted by atomic mass is 9.75. The molecule has 4 saturated heterocycles. The summed E-state index contributed by atoms with van der Waals surface area (Å²) >= 11 is 5.53. The number of hydrogen-bond donors (Lipinski definition) is 2. The summed E-state index contributed by atoms with van der Waals surface area (Å²) in [6, 6.07) is 11.4. The van der Waals surface area contributed by atoms with Gasteiger partial charge in [-0.15, -0.1) is 0 Å². The fourth-order valence-corrected chi connectivity index (χ4v) is 5.64. The van der Waals surface area contributed by atoms with Crippen molar-refractivity contribution in [1.29, 1.82) is 0 Å². The highest BCUT2D eigenvalue weighted by molar-refractivity contribution is 7.80. The highest BCUT2D eigenvalue weighted by Crippen LogP contribution is 2.36. The average Bonchev–Trinajstić information content (AvgIpc) is 2.80. The first kappa shape index (κ1) is 22.9. The molecule has 2 N–H and O–H groups in total. The van der Waals surface area contributed by atoms with Gasteiger partial charge >= 0.3 is 0 Å². The molecule has 0 spiro atoms. The Labute approximate surface area is 193 Å². The van der Waals surface area contributed by atoms with Crippen molar-refractivity contribution < 1.29 is 4.74 Å². The third kappa shape index (κ3) is 6.86. The summed E-state index contributed by atoms with van der Waals surface area (Å²) < 4.78 is 5.40. The van der Waals surface area contributed by atoms with E-state index in [1.54, 1.807) is 0 Å². The molecule has 4 heterocycles. The molecule has 2 bridgehead atoms. The molecule has 7 heteroatoms. The number of nitrogens with zero attached hydrogens (tertiary/aromatic N) is 3. The molecule has 4 fully saturated rings. The maximum absolute atomic E-state index is 5.53. The third-order valence-electron chi connectivity index (χ3n) is 7.17. The Hall–Kier alpha value is -1.25. The third-order valence-corrected chi connectivity index (χ3v) is 7.46. The van der Waals surface area contributed by atoms with Gasteiger partial charge in [0.1, 0.15) is 0 Å². The van der Waals surface area contributed by atoms with E-state index in [1.807, 2.05) is 0 Å². The van der Waals surface area contributed by atoms with Crippen LogP contribution in [0.2, 0.25) is 0 Å². The zero-order valence-electron chi connectivity index (χ0n) is 19.0.